The zero-order chi connectivity index (χ0) is 14.1. The Bertz CT molecular complexity index is 621. The van der Waals surface area contributed by atoms with E-state index in [1.165, 1.54) is 6.07 Å². The number of hydrogen-bond donors (Lipinski definition) is 1. The van der Waals surface area contributed by atoms with E-state index in [1.807, 2.05) is 25.3 Å². The van der Waals surface area contributed by atoms with Crippen LogP contribution in [0.3, 0.4) is 0 Å². The van der Waals surface area contributed by atoms with Crippen molar-refractivity contribution in [2.24, 2.45) is 0 Å². The first-order valence-electron chi connectivity index (χ1n) is 6.87. The van der Waals surface area contributed by atoms with Crippen molar-refractivity contribution in [3.63, 3.8) is 0 Å². The summed E-state index contributed by atoms with van der Waals surface area (Å²) in [7, 11) is 0. The van der Waals surface area contributed by atoms with Crippen molar-refractivity contribution in [3.05, 3.63) is 59.2 Å². The molecule has 0 bridgehead atoms. The zero-order valence-corrected chi connectivity index (χ0v) is 11.4. The van der Waals surface area contributed by atoms with Crippen LogP contribution < -0.4 is 0 Å². The Hall–Kier alpha value is -2.10. The van der Waals surface area contributed by atoms with E-state index in [2.05, 4.69) is 4.98 Å². The lowest BCUT2D eigenvalue weighted by atomic mass is 10.1. The monoisotopic (exact) mass is 272 g/mol. The second-order valence-corrected chi connectivity index (χ2v) is 5.27. The quantitative estimate of drug-likeness (QED) is 0.893. The maximum absolute atomic E-state index is 13.9. The van der Waals surface area contributed by atoms with Crippen LogP contribution in [0.2, 0.25) is 0 Å². The Morgan fingerprint density at radius 2 is 2.25 bits per heavy atom. The molecule has 2 heterocycles. The average molecular weight is 272 g/mol. The van der Waals surface area contributed by atoms with Crippen LogP contribution in [-0.2, 0) is 0 Å². The molecule has 3 nitrogen and oxygen atoms in total. The van der Waals surface area contributed by atoms with Gasteiger partial charge in [-0.2, -0.15) is 0 Å². The molecule has 1 unspecified atom stereocenters. The highest BCUT2D eigenvalue weighted by Gasteiger charge is 2.32. The molecule has 1 aliphatic heterocycles. The maximum atomic E-state index is 13.9. The third-order valence-corrected chi connectivity index (χ3v) is 3.85. The summed E-state index contributed by atoms with van der Waals surface area (Å²) < 4.78 is 13.9. The fourth-order valence-electron chi connectivity index (χ4n) is 2.84. The topological polar surface area (TPSA) is 36.1 Å². The van der Waals surface area contributed by atoms with Crippen LogP contribution in [0.25, 0.3) is 0 Å². The molecule has 1 amide bonds. The van der Waals surface area contributed by atoms with Crippen LogP contribution in [0, 0.1) is 12.7 Å². The van der Waals surface area contributed by atoms with Crippen molar-refractivity contribution in [1.82, 2.24) is 9.88 Å². The van der Waals surface area contributed by atoms with Crippen molar-refractivity contribution in [2.75, 3.05) is 6.54 Å². The van der Waals surface area contributed by atoms with Gasteiger partial charge in [0.1, 0.15) is 5.82 Å². The van der Waals surface area contributed by atoms with Gasteiger partial charge < -0.3 is 9.88 Å². The minimum absolute atomic E-state index is 0.0254. The maximum Gasteiger partial charge on any atom is 0.257 e. The number of nitrogens with zero attached hydrogens (tertiary/aromatic N) is 1. The fraction of sp³-hybridized carbons (Fsp3) is 0.312. The van der Waals surface area contributed by atoms with E-state index >= 15 is 0 Å². The number of rotatable bonds is 2. The molecule has 0 saturated carbocycles. The summed E-state index contributed by atoms with van der Waals surface area (Å²) in [6.45, 7) is 2.54. The molecule has 1 atom stereocenters. The highest BCUT2D eigenvalue weighted by molar-refractivity contribution is 5.95. The average Bonchev–Trinajstić information content (AvgIpc) is 3.10. The molecular formula is C16H17FN2O. The van der Waals surface area contributed by atoms with E-state index in [-0.39, 0.29) is 17.5 Å². The van der Waals surface area contributed by atoms with Crippen molar-refractivity contribution >= 4 is 5.91 Å². The van der Waals surface area contributed by atoms with E-state index in [9.17, 15) is 9.18 Å². The van der Waals surface area contributed by atoms with Gasteiger partial charge >= 0.3 is 0 Å². The molecule has 0 radical (unpaired) electrons. The third-order valence-electron chi connectivity index (χ3n) is 3.85. The van der Waals surface area contributed by atoms with E-state index in [4.69, 9.17) is 0 Å². The number of aryl methyl sites for hydroxylation is 1. The second-order valence-electron chi connectivity index (χ2n) is 5.27. The number of H-pyrrole nitrogens is 1. The highest BCUT2D eigenvalue weighted by atomic mass is 19.1. The summed E-state index contributed by atoms with van der Waals surface area (Å²) in [5, 5.41) is 0. The largest absolute Gasteiger partial charge is 0.363 e. The Morgan fingerprint density at radius 3 is 3.00 bits per heavy atom. The van der Waals surface area contributed by atoms with Gasteiger partial charge in [-0.1, -0.05) is 11.6 Å². The molecule has 1 aromatic carbocycles. The van der Waals surface area contributed by atoms with Crippen LogP contribution >= 0.6 is 0 Å². The molecule has 1 aliphatic rings. The first-order valence-corrected chi connectivity index (χ1v) is 6.87. The van der Waals surface area contributed by atoms with Crippen LogP contribution in [0.15, 0.2) is 36.5 Å². The van der Waals surface area contributed by atoms with Gasteiger partial charge in [0.15, 0.2) is 0 Å². The number of likely N-dealkylation sites (tertiary alicyclic amines) is 1. The van der Waals surface area contributed by atoms with Crippen LogP contribution in [0.1, 0.15) is 40.5 Å². The lowest BCUT2D eigenvalue weighted by molar-refractivity contribution is 0.0728. The molecule has 104 valence electrons. The van der Waals surface area contributed by atoms with Gasteiger partial charge in [-0.3, -0.25) is 4.79 Å². The Labute approximate surface area is 117 Å². The smallest absolute Gasteiger partial charge is 0.257 e. The molecule has 1 N–H and O–H groups in total. The van der Waals surface area contributed by atoms with Gasteiger partial charge in [0.25, 0.3) is 5.91 Å². The molecule has 3 rings (SSSR count). The number of hydrogen-bond acceptors (Lipinski definition) is 1. The number of aromatic nitrogens is 1. The summed E-state index contributed by atoms with van der Waals surface area (Å²) in [6.07, 6.45) is 3.71. The van der Waals surface area contributed by atoms with Crippen molar-refractivity contribution in [3.8, 4) is 0 Å². The molecule has 1 aromatic heterocycles. The minimum atomic E-state index is -0.447. The van der Waals surface area contributed by atoms with Gasteiger partial charge in [0.05, 0.1) is 11.6 Å². The summed E-state index contributed by atoms with van der Waals surface area (Å²) in [5.41, 5.74) is 2.08. The Kier molecular flexibility index (Phi) is 3.30. The number of aromatic amines is 1. The van der Waals surface area contributed by atoms with Gasteiger partial charge in [-0.05, 0) is 44.0 Å². The van der Waals surface area contributed by atoms with Crippen molar-refractivity contribution < 1.29 is 9.18 Å². The van der Waals surface area contributed by atoms with E-state index in [0.717, 1.165) is 24.1 Å². The van der Waals surface area contributed by atoms with Crippen LogP contribution in [0.5, 0.6) is 0 Å². The normalized spacial score (nSPS) is 18.5. The lowest BCUT2D eigenvalue weighted by Crippen LogP contribution is -2.31. The SMILES string of the molecule is Cc1ccc(F)c(C(=O)N2CCCC2c2ccc[nH]2)c1. The highest BCUT2D eigenvalue weighted by Crippen LogP contribution is 2.32. The predicted molar refractivity (Wildman–Crippen MR) is 74.9 cm³/mol. The van der Waals surface area contributed by atoms with E-state index in [1.54, 1.807) is 17.0 Å². The van der Waals surface area contributed by atoms with E-state index < -0.39 is 5.82 Å². The van der Waals surface area contributed by atoms with Crippen molar-refractivity contribution in [1.29, 1.82) is 0 Å². The lowest BCUT2D eigenvalue weighted by Gasteiger charge is -2.24. The number of nitrogens with one attached hydrogen (secondary N) is 1. The molecule has 0 aliphatic carbocycles. The minimum Gasteiger partial charge on any atom is -0.363 e. The molecule has 4 heteroatoms. The predicted octanol–water partition coefficient (Wildman–Crippen LogP) is 3.44. The number of carbonyl (C=O) groups excluding carboxylic acids is 1. The zero-order valence-electron chi connectivity index (χ0n) is 11.4. The Morgan fingerprint density at radius 1 is 1.40 bits per heavy atom. The molecule has 1 fully saturated rings. The molecule has 20 heavy (non-hydrogen) atoms. The van der Waals surface area contributed by atoms with Crippen molar-refractivity contribution in [2.45, 2.75) is 25.8 Å². The summed E-state index contributed by atoms with van der Waals surface area (Å²) >= 11 is 0. The number of amides is 1. The summed E-state index contributed by atoms with van der Waals surface area (Å²) in [5.74, 6) is -0.666. The molecule has 2 aromatic rings. The molecule has 1 saturated heterocycles. The van der Waals surface area contributed by atoms with E-state index in [0.29, 0.717) is 6.54 Å². The summed E-state index contributed by atoms with van der Waals surface area (Å²) in [6, 6.07) is 8.59. The molecular weight excluding hydrogens is 255 g/mol. The Balaban J connectivity index is 1.91. The van der Waals surface area contributed by atoms with Gasteiger partial charge in [-0.25, -0.2) is 4.39 Å². The first kappa shape index (κ1) is 12.9. The summed E-state index contributed by atoms with van der Waals surface area (Å²) in [4.78, 5) is 17.5. The second kappa shape index (κ2) is 5.12. The van der Waals surface area contributed by atoms with Gasteiger partial charge in [-0.15, -0.1) is 0 Å². The standard InChI is InChI=1S/C16H17FN2O/c1-11-6-7-13(17)12(10-11)16(20)19-9-3-5-15(19)14-4-2-8-18-14/h2,4,6-8,10,15,18H,3,5,9H2,1H3. The molecule has 0 spiro atoms. The van der Waals surface area contributed by atoms with Gasteiger partial charge in [0, 0.05) is 18.4 Å². The number of halogens is 1. The van der Waals surface area contributed by atoms with Gasteiger partial charge in [0.2, 0.25) is 0 Å². The third kappa shape index (κ3) is 2.22. The first-order chi connectivity index (χ1) is 9.66. The van der Waals surface area contributed by atoms with Crippen LogP contribution in [0.4, 0.5) is 4.39 Å². The number of benzene rings is 1. The fourth-order valence-corrected chi connectivity index (χ4v) is 2.84. The number of carbonyl (C=O) groups is 1. The van der Waals surface area contributed by atoms with Crippen LogP contribution in [-0.4, -0.2) is 22.3 Å².